The maximum atomic E-state index is 12.4. The molecule has 1 fully saturated rings. The maximum Gasteiger partial charge on any atom is 0.252 e. The van der Waals surface area contributed by atoms with Crippen LogP contribution in [0.4, 0.5) is 0 Å². The van der Waals surface area contributed by atoms with E-state index in [1.54, 1.807) is 13.8 Å². The average Bonchev–Trinajstić information content (AvgIpc) is 2.47. The molecule has 4 N–H and O–H groups in total. The molecule has 0 aromatic rings. The van der Waals surface area contributed by atoms with Crippen LogP contribution in [0, 0.1) is 5.41 Å². The molecule has 0 aliphatic carbocycles. The Balaban J connectivity index is 2.70. The quantitative estimate of drug-likeness (QED) is 0.651. The molecular weight excluding hydrogens is 282 g/mol. The number of imide groups is 1. The normalized spacial score (nSPS) is 18.1. The molecular formula is C16H29N3O3. The summed E-state index contributed by atoms with van der Waals surface area (Å²) in [5.74, 6) is -0.876. The Bertz CT molecular complexity index is 450. The minimum atomic E-state index is -0.731. The summed E-state index contributed by atoms with van der Waals surface area (Å²) in [6.45, 7) is 8.67. The van der Waals surface area contributed by atoms with E-state index in [1.165, 1.54) is 12.5 Å². The predicted molar refractivity (Wildman–Crippen MR) is 85.8 cm³/mol. The lowest BCUT2D eigenvalue weighted by Gasteiger charge is -2.39. The highest BCUT2D eigenvalue weighted by molar-refractivity contribution is 6.04. The van der Waals surface area contributed by atoms with Crippen molar-refractivity contribution in [1.29, 1.82) is 0 Å². The number of likely N-dealkylation sites (tertiary alicyclic amines) is 1. The Morgan fingerprint density at radius 1 is 1.18 bits per heavy atom. The van der Waals surface area contributed by atoms with Gasteiger partial charge in [-0.05, 0) is 39.8 Å². The largest absolute Gasteiger partial charge is 0.401 e. The first-order chi connectivity index (χ1) is 10.1. The number of nitrogens with one attached hydrogen (secondary N) is 1. The number of carbonyl (C=O) groups is 2. The summed E-state index contributed by atoms with van der Waals surface area (Å²) in [6, 6.07) is 0. The van der Waals surface area contributed by atoms with Gasteiger partial charge in [-0.25, -0.2) is 0 Å². The van der Waals surface area contributed by atoms with Crippen molar-refractivity contribution in [3.05, 3.63) is 11.8 Å². The molecule has 0 spiro atoms. The second-order valence-electron chi connectivity index (χ2n) is 7.07. The third kappa shape index (κ3) is 4.55. The molecule has 2 amide bonds. The van der Waals surface area contributed by atoms with Gasteiger partial charge in [-0.2, -0.15) is 0 Å². The number of nitrogens with zero attached hydrogens (tertiary/aromatic N) is 1. The highest BCUT2D eigenvalue weighted by atomic mass is 16.3. The molecule has 6 nitrogen and oxygen atoms in total. The van der Waals surface area contributed by atoms with Gasteiger partial charge in [-0.1, -0.05) is 20.3 Å². The Labute approximate surface area is 132 Å². The van der Waals surface area contributed by atoms with Crippen molar-refractivity contribution in [1.82, 2.24) is 10.2 Å². The summed E-state index contributed by atoms with van der Waals surface area (Å²) >= 11 is 0. The third-order valence-electron chi connectivity index (χ3n) is 4.40. The zero-order valence-electron chi connectivity index (χ0n) is 14.1. The summed E-state index contributed by atoms with van der Waals surface area (Å²) < 4.78 is 0. The van der Waals surface area contributed by atoms with Crippen molar-refractivity contribution >= 4 is 11.8 Å². The molecule has 1 rings (SSSR count). The van der Waals surface area contributed by atoms with E-state index < -0.39 is 16.9 Å². The number of amides is 2. The van der Waals surface area contributed by atoms with Crippen LogP contribution in [-0.4, -0.2) is 47.1 Å². The Kier molecular flexibility index (Phi) is 6.14. The van der Waals surface area contributed by atoms with Crippen molar-refractivity contribution in [2.45, 2.75) is 52.5 Å². The molecule has 1 saturated heterocycles. The van der Waals surface area contributed by atoms with Crippen LogP contribution in [0.3, 0.4) is 0 Å². The van der Waals surface area contributed by atoms with Gasteiger partial charge in [0.2, 0.25) is 5.91 Å². The molecule has 1 aliphatic heterocycles. The molecule has 0 aromatic carbocycles. The van der Waals surface area contributed by atoms with Gasteiger partial charge in [-0.3, -0.25) is 19.8 Å². The van der Waals surface area contributed by atoms with Crippen molar-refractivity contribution < 1.29 is 14.7 Å². The minimum Gasteiger partial charge on any atom is -0.401 e. The molecule has 0 unspecified atom stereocenters. The van der Waals surface area contributed by atoms with Crippen LogP contribution >= 0.6 is 0 Å². The van der Waals surface area contributed by atoms with Gasteiger partial charge < -0.3 is 10.8 Å². The zero-order valence-corrected chi connectivity index (χ0v) is 14.1. The number of nitrogens with two attached hydrogens (primary N) is 1. The number of hydrogen-bond donors (Lipinski definition) is 3. The fraction of sp³-hybridized carbons (Fsp3) is 0.750. The van der Waals surface area contributed by atoms with E-state index in [-0.39, 0.29) is 18.2 Å². The second-order valence-corrected chi connectivity index (χ2v) is 7.07. The van der Waals surface area contributed by atoms with Crippen LogP contribution in [0.2, 0.25) is 0 Å². The van der Waals surface area contributed by atoms with Crippen LogP contribution in [0.15, 0.2) is 11.8 Å². The standard InChI is InChI=1S/C16H29N3O3/c1-15(2,11-20)12(17)10-13(21)18-14(22)16(3,4)19-8-6-5-7-9-19/h10,20H,5-9,11,17H2,1-4H3,(H,18,21,22). The number of aliphatic hydroxyl groups is 1. The molecule has 22 heavy (non-hydrogen) atoms. The van der Waals surface area contributed by atoms with Gasteiger partial charge >= 0.3 is 0 Å². The molecule has 126 valence electrons. The SMILES string of the molecule is CC(C)(CO)C(N)=CC(=O)NC(=O)C(C)(C)N1CCCCC1. The first-order valence-corrected chi connectivity index (χ1v) is 7.80. The van der Waals surface area contributed by atoms with Crippen LogP contribution < -0.4 is 11.1 Å². The van der Waals surface area contributed by atoms with Gasteiger partial charge in [-0.15, -0.1) is 0 Å². The first-order valence-electron chi connectivity index (χ1n) is 7.80. The number of hydrogen-bond acceptors (Lipinski definition) is 5. The maximum absolute atomic E-state index is 12.4. The van der Waals surface area contributed by atoms with Gasteiger partial charge in [0.05, 0.1) is 12.1 Å². The van der Waals surface area contributed by atoms with E-state index in [1.807, 2.05) is 13.8 Å². The fourth-order valence-electron chi connectivity index (χ4n) is 2.33. The summed E-state index contributed by atoms with van der Waals surface area (Å²) in [7, 11) is 0. The van der Waals surface area contributed by atoms with E-state index in [4.69, 9.17) is 5.73 Å². The van der Waals surface area contributed by atoms with Gasteiger partial charge in [0.1, 0.15) is 0 Å². The molecule has 6 heteroatoms. The van der Waals surface area contributed by atoms with Crippen molar-refractivity contribution in [3.63, 3.8) is 0 Å². The third-order valence-corrected chi connectivity index (χ3v) is 4.40. The van der Waals surface area contributed by atoms with Crippen LogP contribution in [0.5, 0.6) is 0 Å². The second kappa shape index (κ2) is 7.24. The molecule has 0 aromatic heterocycles. The van der Waals surface area contributed by atoms with Crippen molar-refractivity contribution in [2.75, 3.05) is 19.7 Å². The van der Waals surface area contributed by atoms with Crippen molar-refractivity contribution in [3.8, 4) is 0 Å². The lowest BCUT2D eigenvalue weighted by molar-refractivity contribution is -0.136. The summed E-state index contributed by atoms with van der Waals surface area (Å²) in [5, 5.41) is 11.6. The average molecular weight is 311 g/mol. The number of rotatable bonds is 5. The summed E-state index contributed by atoms with van der Waals surface area (Å²) in [4.78, 5) is 26.5. The van der Waals surface area contributed by atoms with Crippen LogP contribution in [0.1, 0.15) is 47.0 Å². The van der Waals surface area contributed by atoms with Crippen LogP contribution in [-0.2, 0) is 9.59 Å². The van der Waals surface area contributed by atoms with E-state index in [2.05, 4.69) is 10.2 Å². The minimum absolute atomic E-state index is 0.171. The van der Waals surface area contributed by atoms with Gasteiger partial charge in [0.15, 0.2) is 0 Å². The molecule has 0 radical (unpaired) electrons. The highest BCUT2D eigenvalue weighted by Crippen LogP contribution is 2.22. The Morgan fingerprint density at radius 2 is 1.73 bits per heavy atom. The smallest absolute Gasteiger partial charge is 0.252 e. The highest BCUT2D eigenvalue weighted by Gasteiger charge is 2.35. The number of carbonyl (C=O) groups excluding carboxylic acids is 2. The topological polar surface area (TPSA) is 95.7 Å². The van der Waals surface area contributed by atoms with Crippen LogP contribution in [0.25, 0.3) is 0 Å². The molecule has 1 aliphatic rings. The molecule has 1 heterocycles. The van der Waals surface area contributed by atoms with E-state index in [0.29, 0.717) is 0 Å². The van der Waals surface area contributed by atoms with E-state index in [0.717, 1.165) is 25.9 Å². The van der Waals surface area contributed by atoms with E-state index in [9.17, 15) is 14.7 Å². The lowest BCUT2D eigenvalue weighted by atomic mass is 9.90. The number of aliphatic hydroxyl groups excluding tert-OH is 1. The Morgan fingerprint density at radius 3 is 2.23 bits per heavy atom. The lowest BCUT2D eigenvalue weighted by Crippen LogP contribution is -2.57. The number of piperidine rings is 1. The van der Waals surface area contributed by atoms with Gasteiger partial charge in [0.25, 0.3) is 5.91 Å². The molecule has 0 atom stereocenters. The van der Waals surface area contributed by atoms with E-state index >= 15 is 0 Å². The Hall–Kier alpha value is -1.40. The fourth-order valence-corrected chi connectivity index (χ4v) is 2.33. The summed E-state index contributed by atoms with van der Waals surface area (Å²) in [6.07, 6.45) is 4.51. The summed E-state index contributed by atoms with van der Waals surface area (Å²) in [5.41, 5.74) is 4.63. The predicted octanol–water partition coefficient (Wildman–Crippen LogP) is 0.755. The van der Waals surface area contributed by atoms with Crippen molar-refractivity contribution in [2.24, 2.45) is 11.1 Å². The monoisotopic (exact) mass is 311 g/mol. The first kappa shape index (κ1) is 18.6. The molecule has 0 bridgehead atoms. The molecule has 0 saturated carbocycles. The zero-order chi connectivity index (χ0) is 17.0. The van der Waals surface area contributed by atoms with Gasteiger partial charge in [0, 0.05) is 17.2 Å².